The van der Waals surface area contributed by atoms with Crippen molar-refractivity contribution in [2.45, 2.75) is 19.6 Å². The van der Waals surface area contributed by atoms with E-state index in [-0.39, 0.29) is 17.7 Å². The van der Waals surface area contributed by atoms with E-state index >= 15 is 0 Å². The first kappa shape index (κ1) is 14.5. The second-order valence-electron chi connectivity index (χ2n) is 4.11. The quantitative estimate of drug-likeness (QED) is 0.910. The van der Waals surface area contributed by atoms with Crippen LogP contribution in [0, 0.1) is 0 Å². The third-order valence-corrected chi connectivity index (χ3v) is 3.71. The van der Waals surface area contributed by atoms with Crippen molar-refractivity contribution in [1.82, 2.24) is 5.32 Å². The highest BCUT2D eigenvalue weighted by atomic mass is 32.1. The Bertz CT molecular complexity index is 555. The van der Waals surface area contributed by atoms with Gasteiger partial charge in [0.15, 0.2) is 0 Å². The lowest BCUT2D eigenvalue weighted by atomic mass is 10.2. The van der Waals surface area contributed by atoms with Crippen LogP contribution in [0.3, 0.4) is 0 Å². The number of rotatable bonds is 5. The summed E-state index contributed by atoms with van der Waals surface area (Å²) in [5.41, 5.74) is 0.398. The third kappa shape index (κ3) is 3.77. The number of thiophene rings is 1. The standard InChI is InChI=1S/C14H13F2NO2S/c1-9(12-3-2-8-20-12)17-13(18)10-4-6-11(7-5-10)19-14(15)16/h2-9,14H,1H3,(H,17,18). The molecular weight excluding hydrogens is 284 g/mol. The normalized spacial score (nSPS) is 12.2. The van der Waals surface area contributed by atoms with E-state index in [0.29, 0.717) is 5.56 Å². The van der Waals surface area contributed by atoms with E-state index in [2.05, 4.69) is 10.1 Å². The van der Waals surface area contributed by atoms with Crippen LogP contribution >= 0.6 is 11.3 Å². The molecule has 3 nitrogen and oxygen atoms in total. The molecule has 2 rings (SSSR count). The van der Waals surface area contributed by atoms with Crippen molar-refractivity contribution < 1.29 is 18.3 Å². The molecule has 20 heavy (non-hydrogen) atoms. The summed E-state index contributed by atoms with van der Waals surface area (Å²) in [5.74, 6) is -0.225. The number of carbonyl (C=O) groups excluding carboxylic acids is 1. The lowest BCUT2D eigenvalue weighted by molar-refractivity contribution is -0.0498. The molecule has 0 bridgehead atoms. The van der Waals surface area contributed by atoms with E-state index in [1.54, 1.807) is 11.3 Å². The molecule has 0 aliphatic carbocycles. The molecule has 0 aliphatic heterocycles. The van der Waals surface area contributed by atoms with Gasteiger partial charge in [-0.05, 0) is 42.6 Å². The average molecular weight is 297 g/mol. The predicted octanol–water partition coefficient (Wildman–Crippen LogP) is 3.84. The number of hydrogen-bond donors (Lipinski definition) is 1. The fourth-order valence-corrected chi connectivity index (χ4v) is 2.41. The molecule has 6 heteroatoms. The number of nitrogens with one attached hydrogen (secondary N) is 1. The first-order valence-corrected chi connectivity index (χ1v) is 6.83. The molecular formula is C14H13F2NO2S. The van der Waals surface area contributed by atoms with Crippen molar-refractivity contribution in [3.05, 3.63) is 52.2 Å². The van der Waals surface area contributed by atoms with E-state index in [0.717, 1.165) is 4.88 Å². The van der Waals surface area contributed by atoms with Gasteiger partial charge in [-0.3, -0.25) is 4.79 Å². The summed E-state index contributed by atoms with van der Waals surface area (Å²) in [5, 5.41) is 4.78. The van der Waals surface area contributed by atoms with Gasteiger partial charge in [0.05, 0.1) is 6.04 Å². The number of amides is 1. The van der Waals surface area contributed by atoms with Gasteiger partial charge in [0.25, 0.3) is 5.91 Å². The van der Waals surface area contributed by atoms with E-state index in [1.807, 2.05) is 24.4 Å². The highest BCUT2D eigenvalue weighted by Crippen LogP contribution is 2.19. The maximum absolute atomic E-state index is 12.0. The van der Waals surface area contributed by atoms with Gasteiger partial charge in [-0.25, -0.2) is 0 Å². The van der Waals surface area contributed by atoms with Crippen molar-refractivity contribution in [3.8, 4) is 5.75 Å². The van der Waals surface area contributed by atoms with Gasteiger partial charge in [0.2, 0.25) is 0 Å². The van der Waals surface area contributed by atoms with Crippen LogP contribution in [0.1, 0.15) is 28.2 Å². The summed E-state index contributed by atoms with van der Waals surface area (Å²) in [6, 6.07) is 9.35. The Hall–Kier alpha value is -1.95. The first-order valence-electron chi connectivity index (χ1n) is 5.95. The predicted molar refractivity (Wildman–Crippen MR) is 73.3 cm³/mol. The van der Waals surface area contributed by atoms with E-state index in [4.69, 9.17) is 0 Å². The van der Waals surface area contributed by atoms with Crippen molar-refractivity contribution in [3.63, 3.8) is 0 Å². The van der Waals surface area contributed by atoms with Crippen molar-refractivity contribution in [2.24, 2.45) is 0 Å². The molecule has 1 aromatic heterocycles. The molecule has 2 aromatic rings. The molecule has 0 spiro atoms. The van der Waals surface area contributed by atoms with Gasteiger partial charge in [-0.15, -0.1) is 11.3 Å². The average Bonchev–Trinajstić information content (AvgIpc) is 2.92. The van der Waals surface area contributed by atoms with E-state index in [1.165, 1.54) is 24.3 Å². The maximum atomic E-state index is 12.0. The smallest absolute Gasteiger partial charge is 0.387 e. The number of alkyl halides is 2. The first-order chi connectivity index (χ1) is 9.56. The molecule has 0 fully saturated rings. The highest BCUT2D eigenvalue weighted by Gasteiger charge is 2.12. The second kappa shape index (κ2) is 6.47. The number of halogens is 2. The Labute approximate surface area is 119 Å². The number of hydrogen-bond acceptors (Lipinski definition) is 3. The van der Waals surface area contributed by atoms with Gasteiger partial charge in [0, 0.05) is 10.4 Å². The Morgan fingerprint density at radius 3 is 2.50 bits per heavy atom. The van der Waals surface area contributed by atoms with E-state index < -0.39 is 6.61 Å². The van der Waals surface area contributed by atoms with Crippen LogP contribution < -0.4 is 10.1 Å². The third-order valence-electron chi connectivity index (χ3n) is 2.66. The zero-order valence-electron chi connectivity index (χ0n) is 10.7. The summed E-state index contributed by atoms with van der Waals surface area (Å²) >= 11 is 1.56. The zero-order valence-corrected chi connectivity index (χ0v) is 11.5. The van der Waals surface area contributed by atoms with Crippen LogP contribution in [0.2, 0.25) is 0 Å². The highest BCUT2D eigenvalue weighted by molar-refractivity contribution is 7.10. The summed E-state index contributed by atoms with van der Waals surface area (Å²) < 4.78 is 28.2. The Morgan fingerprint density at radius 1 is 1.25 bits per heavy atom. The Balaban J connectivity index is 1.99. The van der Waals surface area contributed by atoms with E-state index in [9.17, 15) is 13.6 Å². The lowest BCUT2D eigenvalue weighted by Crippen LogP contribution is -2.26. The summed E-state index contributed by atoms with van der Waals surface area (Å²) in [6.07, 6.45) is 0. The van der Waals surface area contributed by atoms with Crippen LogP contribution in [0.25, 0.3) is 0 Å². The number of ether oxygens (including phenoxy) is 1. The molecule has 1 unspecified atom stereocenters. The molecule has 1 heterocycles. The molecule has 1 amide bonds. The molecule has 1 N–H and O–H groups in total. The van der Waals surface area contributed by atoms with Gasteiger partial charge in [0.1, 0.15) is 5.75 Å². The van der Waals surface area contributed by atoms with Crippen LogP contribution in [0.4, 0.5) is 8.78 Å². The van der Waals surface area contributed by atoms with Crippen molar-refractivity contribution in [1.29, 1.82) is 0 Å². The summed E-state index contributed by atoms with van der Waals surface area (Å²) in [7, 11) is 0. The van der Waals surface area contributed by atoms with Gasteiger partial charge in [-0.2, -0.15) is 8.78 Å². The van der Waals surface area contributed by atoms with Crippen LogP contribution in [0.5, 0.6) is 5.75 Å². The Morgan fingerprint density at radius 2 is 1.95 bits per heavy atom. The summed E-state index contributed by atoms with van der Waals surface area (Å²) in [6.45, 7) is -0.980. The molecule has 1 aromatic carbocycles. The van der Waals surface area contributed by atoms with Crippen molar-refractivity contribution >= 4 is 17.2 Å². The molecule has 1 atom stereocenters. The number of benzene rings is 1. The van der Waals surface area contributed by atoms with Crippen LogP contribution in [-0.4, -0.2) is 12.5 Å². The van der Waals surface area contributed by atoms with Gasteiger partial charge in [-0.1, -0.05) is 6.07 Å². The fourth-order valence-electron chi connectivity index (χ4n) is 1.68. The monoisotopic (exact) mass is 297 g/mol. The largest absolute Gasteiger partial charge is 0.435 e. The summed E-state index contributed by atoms with van der Waals surface area (Å²) in [4.78, 5) is 13.0. The maximum Gasteiger partial charge on any atom is 0.387 e. The SMILES string of the molecule is CC(NC(=O)c1ccc(OC(F)F)cc1)c1cccs1. The number of carbonyl (C=O) groups is 1. The molecule has 0 aliphatic rings. The molecule has 0 radical (unpaired) electrons. The molecule has 0 saturated carbocycles. The van der Waals surface area contributed by atoms with Crippen molar-refractivity contribution in [2.75, 3.05) is 0 Å². The second-order valence-corrected chi connectivity index (χ2v) is 5.09. The Kier molecular flexibility index (Phi) is 4.68. The van der Waals surface area contributed by atoms with Crippen LogP contribution in [-0.2, 0) is 0 Å². The minimum absolute atomic E-state index is 0.0304. The fraction of sp³-hybridized carbons (Fsp3) is 0.214. The van der Waals surface area contributed by atoms with Crippen LogP contribution in [0.15, 0.2) is 41.8 Å². The minimum Gasteiger partial charge on any atom is -0.435 e. The topological polar surface area (TPSA) is 38.3 Å². The lowest BCUT2D eigenvalue weighted by Gasteiger charge is -2.12. The molecule has 106 valence electrons. The van der Waals surface area contributed by atoms with Gasteiger partial charge >= 0.3 is 6.61 Å². The zero-order chi connectivity index (χ0) is 14.5. The molecule has 0 saturated heterocycles. The minimum atomic E-state index is -2.87. The van der Waals surface area contributed by atoms with Gasteiger partial charge < -0.3 is 10.1 Å².